The molecule has 0 spiro atoms. The number of aromatic amines is 1. The van der Waals surface area contributed by atoms with Crippen molar-refractivity contribution in [3.05, 3.63) is 35.9 Å². The molecule has 0 atom stereocenters. The van der Waals surface area contributed by atoms with Crippen LogP contribution in [0.3, 0.4) is 0 Å². The Morgan fingerprint density at radius 1 is 1.44 bits per heavy atom. The number of H-pyrrole nitrogens is 1. The van der Waals surface area contributed by atoms with Gasteiger partial charge in [-0.3, -0.25) is 14.8 Å². The highest BCUT2D eigenvalue weighted by Crippen LogP contribution is 2.31. The largest absolute Gasteiger partial charge is 0.490 e. The van der Waals surface area contributed by atoms with Gasteiger partial charge in [0.15, 0.2) is 0 Å². The van der Waals surface area contributed by atoms with Crippen LogP contribution >= 0.6 is 0 Å². The Labute approximate surface area is 104 Å². The number of para-hydroxylation sites is 2. The smallest absolute Gasteiger partial charge is 0.298 e. The number of ether oxygens (including phenoxy) is 1. The van der Waals surface area contributed by atoms with Crippen LogP contribution < -0.4 is 9.64 Å². The molecule has 18 heavy (non-hydrogen) atoms. The van der Waals surface area contributed by atoms with Crippen LogP contribution in [0.4, 0.5) is 5.69 Å². The SMILES string of the molecule is Cc1nc(C(=O)N2CCOc3ccccc32)n[nH]1. The molecular weight excluding hydrogens is 232 g/mol. The predicted molar refractivity (Wildman–Crippen MR) is 64.7 cm³/mol. The molecule has 1 aromatic carbocycles. The van der Waals surface area contributed by atoms with Crippen molar-refractivity contribution in [2.45, 2.75) is 6.92 Å². The van der Waals surface area contributed by atoms with Crippen molar-refractivity contribution in [2.24, 2.45) is 0 Å². The van der Waals surface area contributed by atoms with Gasteiger partial charge in [-0.2, -0.15) is 0 Å². The molecule has 0 fully saturated rings. The van der Waals surface area contributed by atoms with E-state index in [0.29, 0.717) is 24.7 Å². The van der Waals surface area contributed by atoms with Crippen molar-refractivity contribution >= 4 is 11.6 Å². The maximum atomic E-state index is 12.3. The van der Waals surface area contributed by atoms with Crippen molar-refractivity contribution < 1.29 is 9.53 Å². The molecule has 3 rings (SSSR count). The van der Waals surface area contributed by atoms with Crippen molar-refractivity contribution in [2.75, 3.05) is 18.1 Å². The van der Waals surface area contributed by atoms with Crippen molar-refractivity contribution in [1.82, 2.24) is 15.2 Å². The van der Waals surface area contributed by atoms with Crippen LogP contribution in [-0.2, 0) is 0 Å². The first kappa shape index (κ1) is 10.8. The van der Waals surface area contributed by atoms with E-state index in [4.69, 9.17) is 4.74 Å². The molecule has 1 N–H and O–H groups in total. The molecule has 1 aliphatic rings. The lowest BCUT2D eigenvalue weighted by Gasteiger charge is -2.28. The van der Waals surface area contributed by atoms with Crippen molar-refractivity contribution in [3.63, 3.8) is 0 Å². The summed E-state index contributed by atoms with van der Waals surface area (Å²) in [6.07, 6.45) is 0. The molecule has 6 nitrogen and oxygen atoms in total. The van der Waals surface area contributed by atoms with E-state index in [-0.39, 0.29) is 11.7 Å². The quantitative estimate of drug-likeness (QED) is 0.817. The van der Waals surface area contributed by atoms with Gasteiger partial charge < -0.3 is 4.74 Å². The van der Waals surface area contributed by atoms with Gasteiger partial charge in [-0.05, 0) is 19.1 Å². The summed E-state index contributed by atoms with van der Waals surface area (Å²) in [5.41, 5.74) is 0.760. The highest BCUT2D eigenvalue weighted by atomic mass is 16.5. The van der Waals surface area contributed by atoms with E-state index in [2.05, 4.69) is 15.2 Å². The monoisotopic (exact) mass is 244 g/mol. The lowest BCUT2D eigenvalue weighted by atomic mass is 10.2. The summed E-state index contributed by atoms with van der Waals surface area (Å²) in [6.45, 7) is 2.74. The van der Waals surface area contributed by atoms with Crippen molar-refractivity contribution in [1.29, 1.82) is 0 Å². The topological polar surface area (TPSA) is 71.1 Å². The van der Waals surface area contributed by atoms with Crippen LogP contribution in [0, 0.1) is 6.92 Å². The molecule has 6 heteroatoms. The molecule has 0 unspecified atom stereocenters. The van der Waals surface area contributed by atoms with Gasteiger partial charge in [0.1, 0.15) is 18.2 Å². The number of aromatic nitrogens is 3. The standard InChI is InChI=1S/C12H12N4O2/c1-8-13-11(15-14-8)12(17)16-6-7-18-10-5-3-2-4-9(10)16/h2-5H,6-7H2,1H3,(H,13,14,15). The fraction of sp³-hybridized carbons (Fsp3) is 0.250. The number of anilines is 1. The van der Waals surface area contributed by atoms with Gasteiger partial charge >= 0.3 is 0 Å². The zero-order valence-electron chi connectivity index (χ0n) is 9.88. The Balaban J connectivity index is 1.96. The van der Waals surface area contributed by atoms with E-state index < -0.39 is 0 Å². The molecule has 0 saturated heterocycles. The Morgan fingerprint density at radius 3 is 3.06 bits per heavy atom. The number of carbonyl (C=O) groups excluding carboxylic acids is 1. The number of rotatable bonds is 1. The molecule has 1 aromatic heterocycles. The van der Waals surface area contributed by atoms with Crippen LogP contribution in [0.15, 0.2) is 24.3 Å². The predicted octanol–water partition coefficient (Wildman–Crippen LogP) is 1.15. The van der Waals surface area contributed by atoms with E-state index in [0.717, 1.165) is 5.69 Å². The summed E-state index contributed by atoms with van der Waals surface area (Å²) in [6, 6.07) is 7.45. The Bertz CT molecular complexity index is 593. The summed E-state index contributed by atoms with van der Waals surface area (Å²) in [5.74, 6) is 1.31. The van der Waals surface area contributed by atoms with E-state index in [9.17, 15) is 4.79 Å². The fourth-order valence-electron chi connectivity index (χ4n) is 1.94. The zero-order valence-corrected chi connectivity index (χ0v) is 9.88. The van der Waals surface area contributed by atoms with Gasteiger partial charge in [0.25, 0.3) is 5.91 Å². The molecule has 0 saturated carbocycles. The van der Waals surface area contributed by atoms with Gasteiger partial charge in [0.05, 0.1) is 12.2 Å². The number of nitrogens with zero attached hydrogens (tertiary/aromatic N) is 3. The molecule has 0 aliphatic carbocycles. The summed E-state index contributed by atoms with van der Waals surface area (Å²) >= 11 is 0. The number of benzene rings is 1. The second kappa shape index (κ2) is 4.14. The average molecular weight is 244 g/mol. The number of fused-ring (bicyclic) bond motifs is 1. The third-order valence-electron chi connectivity index (χ3n) is 2.76. The number of nitrogens with one attached hydrogen (secondary N) is 1. The number of carbonyl (C=O) groups is 1. The second-order valence-corrected chi connectivity index (χ2v) is 4.02. The van der Waals surface area contributed by atoms with E-state index in [1.807, 2.05) is 24.3 Å². The summed E-state index contributed by atoms with van der Waals surface area (Å²) < 4.78 is 5.50. The minimum atomic E-state index is -0.213. The molecule has 1 amide bonds. The molecule has 2 aromatic rings. The molecule has 0 bridgehead atoms. The number of hydrogen-bond donors (Lipinski definition) is 1. The molecule has 2 heterocycles. The van der Waals surface area contributed by atoms with E-state index in [1.54, 1.807) is 11.8 Å². The lowest BCUT2D eigenvalue weighted by molar-refractivity contribution is 0.0967. The van der Waals surface area contributed by atoms with Gasteiger partial charge in [-0.25, -0.2) is 4.98 Å². The number of amides is 1. The summed E-state index contributed by atoms with van der Waals surface area (Å²) in [5, 5.41) is 6.57. The van der Waals surface area contributed by atoms with Crippen LogP contribution in [-0.4, -0.2) is 34.2 Å². The zero-order chi connectivity index (χ0) is 12.5. The Morgan fingerprint density at radius 2 is 2.28 bits per heavy atom. The number of hydrogen-bond acceptors (Lipinski definition) is 4. The maximum Gasteiger partial charge on any atom is 0.298 e. The molecule has 0 radical (unpaired) electrons. The minimum Gasteiger partial charge on any atom is -0.490 e. The lowest BCUT2D eigenvalue weighted by Crippen LogP contribution is -2.38. The first-order valence-electron chi connectivity index (χ1n) is 5.68. The van der Waals surface area contributed by atoms with Gasteiger partial charge in [0.2, 0.25) is 5.82 Å². The van der Waals surface area contributed by atoms with Crippen LogP contribution in [0.5, 0.6) is 5.75 Å². The van der Waals surface area contributed by atoms with Gasteiger partial charge in [0, 0.05) is 0 Å². The highest BCUT2D eigenvalue weighted by molar-refractivity contribution is 6.04. The molecule has 92 valence electrons. The van der Waals surface area contributed by atoms with Gasteiger partial charge in [-0.1, -0.05) is 12.1 Å². The summed E-state index contributed by atoms with van der Waals surface area (Å²) in [4.78, 5) is 18.0. The fourth-order valence-corrected chi connectivity index (χ4v) is 1.94. The number of aryl methyl sites for hydroxylation is 1. The Hall–Kier alpha value is -2.37. The van der Waals surface area contributed by atoms with Gasteiger partial charge in [-0.15, -0.1) is 5.10 Å². The maximum absolute atomic E-state index is 12.3. The highest BCUT2D eigenvalue weighted by Gasteiger charge is 2.26. The summed E-state index contributed by atoms with van der Waals surface area (Å²) in [7, 11) is 0. The average Bonchev–Trinajstić information content (AvgIpc) is 2.84. The normalized spacial score (nSPS) is 13.9. The van der Waals surface area contributed by atoms with E-state index in [1.165, 1.54) is 0 Å². The van der Waals surface area contributed by atoms with Crippen molar-refractivity contribution in [3.8, 4) is 5.75 Å². The first-order chi connectivity index (χ1) is 8.75. The van der Waals surface area contributed by atoms with Crippen LogP contribution in [0.2, 0.25) is 0 Å². The molecule has 1 aliphatic heterocycles. The van der Waals surface area contributed by atoms with Crippen LogP contribution in [0.1, 0.15) is 16.4 Å². The third kappa shape index (κ3) is 1.71. The second-order valence-electron chi connectivity index (χ2n) is 4.02. The molecular formula is C12H12N4O2. The van der Waals surface area contributed by atoms with Crippen LogP contribution in [0.25, 0.3) is 0 Å². The minimum absolute atomic E-state index is 0.184. The third-order valence-corrected chi connectivity index (χ3v) is 2.76. The Kier molecular flexibility index (Phi) is 2.47. The first-order valence-corrected chi connectivity index (χ1v) is 5.68. The van der Waals surface area contributed by atoms with E-state index >= 15 is 0 Å².